The van der Waals surface area contributed by atoms with E-state index in [4.69, 9.17) is 0 Å². The lowest BCUT2D eigenvalue weighted by Gasteiger charge is -2.30. The SMILES string of the molecule is CC1=NCC(C)=C1c1cc(C2CCCC2)c2cc(NC3CCN(C)CC3)c(=O)[nH]c2c1. The van der Waals surface area contributed by atoms with Gasteiger partial charge in [-0.3, -0.25) is 9.79 Å². The Hall–Kier alpha value is -2.40. The molecule has 1 saturated carbocycles. The van der Waals surface area contributed by atoms with Gasteiger partial charge >= 0.3 is 0 Å². The van der Waals surface area contributed by atoms with E-state index in [9.17, 15) is 4.79 Å². The molecule has 1 aliphatic carbocycles. The third-order valence-electron chi connectivity index (χ3n) is 7.50. The molecule has 2 aromatic rings. The molecule has 5 rings (SSSR count). The zero-order chi connectivity index (χ0) is 21.5. The fraction of sp³-hybridized carbons (Fsp3) is 0.538. The summed E-state index contributed by atoms with van der Waals surface area (Å²) in [7, 11) is 2.17. The van der Waals surface area contributed by atoms with Crippen molar-refractivity contribution in [1.29, 1.82) is 0 Å². The van der Waals surface area contributed by atoms with Crippen molar-refractivity contribution >= 4 is 27.9 Å². The van der Waals surface area contributed by atoms with Gasteiger partial charge in [-0.15, -0.1) is 0 Å². The van der Waals surface area contributed by atoms with E-state index in [0.717, 1.165) is 49.4 Å². The van der Waals surface area contributed by atoms with Crippen LogP contribution in [0, 0.1) is 0 Å². The normalized spacial score (nSPS) is 21.3. The van der Waals surface area contributed by atoms with Gasteiger partial charge in [-0.1, -0.05) is 18.9 Å². The lowest BCUT2D eigenvalue weighted by Crippen LogP contribution is -2.37. The Bertz CT molecular complexity index is 1110. The molecule has 3 heterocycles. The first-order chi connectivity index (χ1) is 15.0. The zero-order valence-electron chi connectivity index (χ0n) is 19.1. The highest BCUT2D eigenvalue weighted by molar-refractivity contribution is 6.25. The van der Waals surface area contributed by atoms with E-state index in [0.29, 0.717) is 12.0 Å². The van der Waals surface area contributed by atoms with Crippen LogP contribution in [0.25, 0.3) is 16.5 Å². The Morgan fingerprint density at radius 1 is 1.06 bits per heavy atom. The first-order valence-corrected chi connectivity index (χ1v) is 11.9. The molecule has 5 nitrogen and oxygen atoms in total. The fourth-order valence-electron chi connectivity index (χ4n) is 5.70. The molecule has 0 spiro atoms. The number of aliphatic imine (C=N–C) groups is 1. The largest absolute Gasteiger partial charge is 0.378 e. The molecule has 2 aliphatic heterocycles. The van der Waals surface area contributed by atoms with Crippen molar-refractivity contribution < 1.29 is 0 Å². The van der Waals surface area contributed by atoms with Crippen LogP contribution in [-0.4, -0.2) is 48.3 Å². The Morgan fingerprint density at radius 3 is 2.48 bits per heavy atom. The number of piperidine rings is 1. The fourth-order valence-corrected chi connectivity index (χ4v) is 5.70. The summed E-state index contributed by atoms with van der Waals surface area (Å²) < 4.78 is 0. The van der Waals surface area contributed by atoms with Crippen LogP contribution in [0.15, 0.2) is 33.6 Å². The molecule has 0 unspecified atom stereocenters. The molecule has 2 N–H and O–H groups in total. The van der Waals surface area contributed by atoms with Crippen molar-refractivity contribution in [2.45, 2.75) is 64.3 Å². The van der Waals surface area contributed by atoms with Crippen LogP contribution >= 0.6 is 0 Å². The maximum atomic E-state index is 13.0. The number of nitrogens with zero attached hydrogens (tertiary/aromatic N) is 2. The summed E-state index contributed by atoms with van der Waals surface area (Å²) in [5.41, 5.74) is 7.96. The van der Waals surface area contributed by atoms with E-state index >= 15 is 0 Å². The number of anilines is 1. The molecular formula is C26H34N4O. The van der Waals surface area contributed by atoms with E-state index in [2.05, 4.69) is 59.3 Å². The Morgan fingerprint density at radius 2 is 1.81 bits per heavy atom. The quantitative estimate of drug-likeness (QED) is 0.739. The molecule has 164 valence electrons. The molecule has 0 radical (unpaired) electrons. The van der Waals surface area contributed by atoms with Crippen molar-refractivity contribution in [3.05, 3.63) is 45.3 Å². The molecular weight excluding hydrogens is 384 g/mol. The highest BCUT2D eigenvalue weighted by atomic mass is 16.1. The van der Waals surface area contributed by atoms with Gasteiger partial charge in [-0.05, 0) is 94.4 Å². The summed E-state index contributed by atoms with van der Waals surface area (Å²) >= 11 is 0. The molecule has 5 heteroatoms. The summed E-state index contributed by atoms with van der Waals surface area (Å²) in [5.74, 6) is 0.573. The van der Waals surface area contributed by atoms with Crippen molar-refractivity contribution in [3.63, 3.8) is 0 Å². The van der Waals surface area contributed by atoms with Gasteiger partial charge in [0.05, 0.1) is 6.54 Å². The Labute approximate surface area is 184 Å². The van der Waals surface area contributed by atoms with Crippen LogP contribution in [0.5, 0.6) is 0 Å². The summed E-state index contributed by atoms with van der Waals surface area (Å²) in [6.07, 6.45) is 7.22. The third kappa shape index (κ3) is 3.96. The minimum absolute atomic E-state index is 0.0107. The summed E-state index contributed by atoms with van der Waals surface area (Å²) in [6, 6.07) is 7.05. The van der Waals surface area contributed by atoms with Gasteiger partial charge in [-0.2, -0.15) is 0 Å². The average molecular weight is 419 g/mol. The molecule has 31 heavy (non-hydrogen) atoms. The number of rotatable bonds is 4. The van der Waals surface area contributed by atoms with Crippen molar-refractivity contribution in [1.82, 2.24) is 9.88 Å². The lowest BCUT2D eigenvalue weighted by atomic mass is 9.88. The molecule has 2 fully saturated rings. The molecule has 0 amide bonds. The predicted octanol–water partition coefficient (Wildman–Crippen LogP) is 4.94. The van der Waals surface area contributed by atoms with Crippen LogP contribution in [0.4, 0.5) is 5.69 Å². The van der Waals surface area contributed by atoms with Crippen LogP contribution in [0.2, 0.25) is 0 Å². The minimum atomic E-state index is -0.0107. The smallest absolute Gasteiger partial charge is 0.271 e. The number of fused-ring (bicyclic) bond motifs is 1. The topological polar surface area (TPSA) is 60.5 Å². The molecule has 1 aromatic heterocycles. The number of nitrogens with one attached hydrogen (secondary N) is 2. The van der Waals surface area contributed by atoms with Gasteiger partial charge in [0.1, 0.15) is 5.69 Å². The second-order valence-corrected chi connectivity index (χ2v) is 9.80. The number of benzene rings is 1. The molecule has 1 saturated heterocycles. The Kier molecular flexibility index (Phi) is 5.47. The first-order valence-electron chi connectivity index (χ1n) is 11.9. The number of hydrogen-bond acceptors (Lipinski definition) is 4. The maximum Gasteiger partial charge on any atom is 0.271 e. The molecule has 1 aromatic carbocycles. The third-order valence-corrected chi connectivity index (χ3v) is 7.50. The molecule has 0 atom stereocenters. The summed E-state index contributed by atoms with van der Waals surface area (Å²) in [4.78, 5) is 23.2. The van der Waals surface area contributed by atoms with Crippen LogP contribution < -0.4 is 10.9 Å². The van der Waals surface area contributed by atoms with E-state index in [1.807, 2.05) is 0 Å². The van der Waals surface area contributed by atoms with Crippen LogP contribution in [0.1, 0.15) is 69.4 Å². The minimum Gasteiger partial charge on any atom is -0.378 e. The summed E-state index contributed by atoms with van der Waals surface area (Å²) in [6.45, 7) is 7.22. The number of H-pyrrole nitrogens is 1. The van der Waals surface area contributed by atoms with Gasteiger partial charge < -0.3 is 15.2 Å². The van der Waals surface area contributed by atoms with E-state index in [1.54, 1.807) is 0 Å². The van der Waals surface area contributed by atoms with Crippen molar-refractivity contribution in [3.8, 4) is 0 Å². The van der Waals surface area contributed by atoms with Gasteiger partial charge in [0.25, 0.3) is 5.56 Å². The lowest BCUT2D eigenvalue weighted by molar-refractivity contribution is 0.264. The standard InChI is InChI=1S/C26H34N4O/c1-16-15-27-17(2)25(16)19-12-21(18-6-4-5-7-18)22-14-24(26(31)29-23(22)13-19)28-20-8-10-30(3)11-9-20/h12-14,18,20,28H,4-11,15H2,1-3H3,(H,29,31). The maximum absolute atomic E-state index is 13.0. The highest BCUT2D eigenvalue weighted by Gasteiger charge is 2.24. The predicted molar refractivity (Wildman–Crippen MR) is 130 cm³/mol. The van der Waals surface area contributed by atoms with Crippen LogP contribution in [-0.2, 0) is 0 Å². The second-order valence-electron chi connectivity index (χ2n) is 9.80. The number of pyridine rings is 1. The second kappa shape index (κ2) is 8.27. The summed E-state index contributed by atoms with van der Waals surface area (Å²) in [5, 5.41) is 4.77. The number of aromatic nitrogens is 1. The van der Waals surface area contributed by atoms with Gasteiger partial charge in [0.2, 0.25) is 0 Å². The zero-order valence-corrected chi connectivity index (χ0v) is 19.1. The highest BCUT2D eigenvalue weighted by Crippen LogP contribution is 2.40. The van der Waals surface area contributed by atoms with E-state index < -0.39 is 0 Å². The van der Waals surface area contributed by atoms with E-state index in [1.165, 1.54) is 53.3 Å². The van der Waals surface area contributed by atoms with Crippen molar-refractivity contribution in [2.75, 3.05) is 32.0 Å². The van der Waals surface area contributed by atoms with Gasteiger partial charge in [-0.25, -0.2) is 0 Å². The number of hydrogen-bond donors (Lipinski definition) is 2. The molecule has 3 aliphatic rings. The number of allylic oxidation sites excluding steroid dienone is 1. The average Bonchev–Trinajstić information content (AvgIpc) is 3.39. The number of likely N-dealkylation sites (tertiary alicyclic amines) is 1. The monoisotopic (exact) mass is 418 g/mol. The van der Waals surface area contributed by atoms with Gasteiger partial charge in [0, 0.05) is 28.2 Å². The van der Waals surface area contributed by atoms with Gasteiger partial charge in [0.15, 0.2) is 0 Å². The van der Waals surface area contributed by atoms with Crippen LogP contribution in [0.3, 0.4) is 0 Å². The first kappa shape index (κ1) is 20.5. The van der Waals surface area contributed by atoms with E-state index in [-0.39, 0.29) is 5.56 Å². The number of aromatic amines is 1. The molecule has 0 bridgehead atoms. The Balaban J connectivity index is 1.59. The van der Waals surface area contributed by atoms with Crippen molar-refractivity contribution in [2.24, 2.45) is 4.99 Å².